The largest absolute Gasteiger partial charge is 0.298 e. The van der Waals surface area contributed by atoms with Crippen LogP contribution in [0.25, 0.3) is 0 Å². The normalized spacial score (nSPS) is 11.9. The van der Waals surface area contributed by atoms with E-state index in [0.717, 1.165) is 15.9 Å². The Morgan fingerprint density at radius 2 is 0.862 bits per heavy atom. The SMILES string of the molecule is O=S(=O)(O)c1ccccc1[P+](c1ccccc1)(c1ccccc1)c1ccccc1. The van der Waals surface area contributed by atoms with Crippen molar-refractivity contribution in [1.82, 2.24) is 0 Å². The van der Waals surface area contributed by atoms with Crippen molar-refractivity contribution in [2.45, 2.75) is 4.90 Å². The Morgan fingerprint density at radius 1 is 0.517 bits per heavy atom. The van der Waals surface area contributed by atoms with Gasteiger partial charge in [-0.25, -0.2) is 0 Å². The van der Waals surface area contributed by atoms with Crippen LogP contribution in [-0.2, 0) is 10.1 Å². The summed E-state index contributed by atoms with van der Waals surface area (Å²) in [5.41, 5.74) is 0. The lowest BCUT2D eigenvalue weighted by molar-refractivity contribution is 0.484. The molecule has 3 nitrogen and oxygen atoms in total. The Hall–Kier alpha value is -2.78. The molecule has 4 rings (SSSR count). The van der Waals surface area contributed by atoms with Gasteiger partial charge in [0.2, 0.25) is 0 Å². The maximum absolute atomic E-state index is 12.4. The van der Waals surface area contributed by atoms with Crippen LogP contribution >= 0.6 is 7.26 Å². The van der Waals surface area contributed by atoms with Gasteiger partial charge in [0.1, 0.15) is 33.4 Å². The molecular weight excluding hydrogens is 399 g/mol. The van der Waals surface area contributed by atoms with E-state index in [2.05, 4.69) is 0 Å². The van der Waals surface area contributed by atoms with Gasteiger partial charge in [-0.05, 0) is 48.5 Å². The fraction of sp³-hybridized carbons (Fsp3) is 0. The summed E-state index contributed by atoms with van der Waals surface area (Å²) < 4.78 is 34.8. The summed E-state index contributed by atoms with van der Waals surface area (Å²) in [5.74, 6) is 0. The second-order valence-electron chi connectivity index (χ2n) is 6.62. The highest BCUT2D eigenvalue weighted by Gasteiger charge is 2.50. The molecule has 0 saturated heterocycles. The summed E-state index contributed by atoms with van der Waals surface area (Å²) >= 11 is 0. The first kappa shape index (κ1) is 19.5. The van der Waals surface area contributed by atoms with Gasteiger partial charge < -0.3 is 0 Å². The molecule has 0 aliphatic carbocycles. The molecule has 0 aliphatic rings. The van der Waals surface area contributed by atoms with Crippen LogP contribution in [0.2, 0.25) is 0 Å². The Labute approximate surface area is 171 Å². The molecule has 144 valence electrons. The lowest BCUT2D eigenvalue weighted by atomic mass is 10.3. The minimum atomic E-state index is -4.41. The van der Waals surface area contributed by atoms with Gasteiger partial charge in [0, 0.05) is 0 Å². The van der Waals surface area contributed by atoms with Crippen molar-refractivity contribution in [1.29, 1.82) is 0 Å². The summed E-state index contributed by atoms with van der Waals surface area (Å²) in [6, 6.07) is 36.6. The second kappa shape index (κ2) is 7.92. The fourth-order valence-electron chi connectivity index (χ4n) is 3.77. The predicted molar refractivity (Wildman–Crippen MR) is 121 cm³/mol. The van der Waals surface area contributed by atoms with Crippen LogP contribution in [0.15, 0.2) is 120 Å². The number of hydrogen-bond acceptors (Lipinski definition) is 2. The number of benzene rings is 4. The molecule has 4 aromatic carbocycles. The van der Waals surface area contributed by atoms with Gasteiger partial charge in [-0.2, -0.15) is 8.42 Å². The van der Waals surface area contributed by atoms with E-state index in [1.807, 2.05) is 103 Å². The van der Waals surface area contributed by atoms with Crippen molar-refractivity contribution < 1.29 is 13.0 Å². The van der Waals surface area contributed by atoms with Crippen LogP contribution in [0.1, 0.15) is 0 Å². The van der Waals surface area contributed by atoms with Crippen LogP contribution in [0.5, 0.6) is 0 Å². The van der Waals surface area contributed by atoms with E-state index in [9.17, 15) is 13.0 Å². The van der Waals surface area contributed by atoms with E-state index in [4.69, 9.17) is 0 Å². The molecule has 0 amide bonds. The van der Waals surface area contributed by atoms with Crippen LogP contribution in [-0.4, -0.2) is 13.0 Å². The van der Waals surface area contributed by atoms with Crippen molar-refractivity contribution in [2.75, 3.05) is 0 Å². The molecule has 0 aliphatic heterocycles. The van der Waals surface area contributed by atoms with Crippen molar-refractivity contribution in [3.05, 3.63) is 115 Å². The molecule has 29 heavy (non-hydrogen) atoms. The standard InChI is InChI=1S/C24H19O3PS/c25-29(26,27)24-19-11-10-18-23(24)28(20-12-4-1-5-13-20,21-14-6-2-7-15-21)22-16-8-3-9-17-22/h1-19H/p+1. The van der Waals surface area contributed by atoms with Crippen molar-refractivity contribution in [3.8, 4) is 0 Å². The smallest absolute Gasteiger partial charge is 0.282 e. The minimum absolute atomic E-state index is 0.0510. The lowest BCUT2D eigenvalue weighted by Gasteiger charge is -2.28. The molecule has 5 heteroatoms. The maximum atomic E-state index is 12.4. The zero-order valence-corrected chi connectivity index (χ0v) is 17.3. The van der Waals surface area contributed by atoms with Gasteiger partial charge in [-0.15, -0.1) is 0 Å². The number of rotatable bonds is 5. The average Bonchev–Trinajstić information content (AvgIpc) is 2.76. The average molecular weight is 419 g/mol. The van der Waals surface area contributed by atoms with Crippen molar-refractivity contribution in [3.63, 3.8) is 0 Å². The first-order valence-electron chi connectivity index (χ1n) is 9.17. The number of hydrogen-bond donors (Lipinski definition) is 1. The van der Waals surface area contributed by atoms with Crippen LogP contribution in [0.4, 0.5) is 0 Å². The molecule has 1 N–H and O–H groups in total. The monoisotopic (exact) mass is 419 g/mol. The molecule has 0 bridgehead atoms. The summed E-state index contributed by atoms with van der Waals surface area (Å²) in [4.78, 5) is -0.0510. The Bertz CT molecular complexity index is 1110. The zero-order chi connectivity index (χ0) is 20.3. The highest BCUT2D eigenvalue weighted by Crippen LogP contribution is 2.55. The Balaban J connectivity index is 2.23. The van der Waals surface area contributed by atoms with Crippen molar-refractivity contribution in [2.24, 2.45) is 0 Å². The molecule has 4 aromatic rings. The Kier molecular flexibility index (Phi) is 5.33. The van der Waals surface area contributed by atoms with Gasteiger partial charge in [0.05, 0.1) is 0 Å². The highest BCUT2D eigenvalue weighted by atomic mass is 32.2. The summed E-state index contributed by atoms with van der Waals surface area (Å²) in [6.45, 7) is 0. The third-order valence-corrected chi connectivity index (χ3v) is 10.3. The zero-order valence-electron chi connectivity index (χ0n) is 15.6. The molecule has 0 saturated carbocycles. The molecule has 0 radical (unpaired) electrons. The fourth-order valence-corrected chi connectivity index (χ4v) is 9.41. The van der Waals surface area contributed by atoms with Crippen LogP contribution in [0.3, 0.4) is 0 Å². The quantitative estimate of drug-likeness (QED) is 0.398. The van der Waals surface area contributed by atoms with E-state index in [-0.39, 0.29) is 4.90 Å². The maximum Gasteiger partial charge on any atom is 0.298 e. The Morgan fingerprint density at radius 3 is 1.24 bits per heavy atom. The van der Waals surface area contributed by atoms with E-state index in [1.165, 1.54) is 6.07 Å². The van der Waals surface area contributed by atoms with Gasteiger partial charge in [0.15, 0.2) is 0 Å². The predicted octanol–water partition coefficient (Wildman–Crippen LogP) is 3.55. The summed E-state index contributed by atoms with van der Waals surface area (Å²) in [7, 11) is -6.99. The second-order valence-corrected chi connectivity index (χ2v) is 11.4. The molecule has 0 atom stereocenters. The topological polar surface area (TPSA) is 54.4 Å². The van der Waals surface area contributed by atoms with Crippen LogP contribution < -0.4 is 21.2 Å². The first-order valence-corrected chi connectivity index (χ1v) is 12.4. The molecule has 0 aromatic heterocycles. The van der Waals surface area contributed by atoms with Gasteiger partial charge >= 0.3 is 0 Å². The van der Waals surface area contributed by atoms with Gasteiger partial charge in [0.25, 0.3) is 10.1 Å². The minimum Gasteiger partial charge on any atom is -0.282 e. The van der Waals surface area contributed by atoms with Gasteiger partial charge in [-0.3, -0.25) is 4.55 Å². The summed E-state index contributed by atoms with van der Waals surface area (Å²) in [6.07, 6.45) is 0. The van der Waals surface area contributed by atoms with Crippen molar-refractivity contribution >= 4 is 38.6 Å². The third-order valence-electron chi connectivity index (χ3n) is 4.93. The van der Waals surface area contributed by atoms with E-state index >= 15 is 0 Å². The third kappa shape index (κ3) is 3.51. The molecule has 0 heterocycles. The van der Waals surface area contributed by atoms with Gasteiger partial charge in [-0.1, -0.05) is 66.7 Å². The lowest BCUT2D eigenvalue weighted by Crippen LogP contribution is -2.40. The molecule has 0 unspecified atom stereocenters. The molecular formula is C24H20O3PS+. The van der Waals surface area contributed by atoms with Crippen LogP contribution in [0, 0.1) is 0 Å². The van der Waals surface area contributed by atoms with E-state index in [1.54, 1.807) is 6.07 Å². The first-order chi connectivity index (χ1) is 14.0. The van der Waals surface area contributed by atoms with E-state index in [0.29, 0.717) is 5.30 Å². The molecule has 0 fully saturated rings. The van der Waals surface area contributed by atoms with E-state index < -0.39 is 17.4 Å². The summed E-state index contributed by atoms with van der Waals surface area (Å²) in [5, 5.41) is 3.68. The molecule has 0 spiro atoms. The highest BCUT2D eigenvalue weighted by molar-refractivity contribution is 8.02.